The van der Waals surface area contributed by atoms with Crippen LogP contribution in [0, 0.1) is 0 Å². The molecule has 1 aromatic heterocycles. The van der Waals surface area contributed by atoms with E-state index in [2.05, 4.69) is 21.9 Å². The number of nitrogens with zero attached hydrogens (tertiary/aromatic N) is 3. The number of hydrogen-bond acceptors (Lipinski definition) is 6. The molecule has 0 spiro atoms. The minimum atomic E-state index is 0.172. The van der Waals surface area contributed by atoms with Crippen LogP contribution in [0.2, 0.25) is 0 Å². The lowest BCUT2D eigenvalue weighted by Gasteiger charge is -2.15. The van der Waals surface area contributed by atoms with Gasteiger partial charge in [0.05, 0.1) is 6.10 Å². The smallest absolute Gasteiger partial charge is 0.225 e. The molecular formula is C9H15N5O. The van der Waals surface area contributed by atoms with Gasteiger partial charge in [-0.05, 0) is 12.8 Å². The van der Waals surface area contributed by atoms with E-state index in [1.54, 1.807) is 0 Å². The van der Waals surface area contributed by atoms with Gasteiger partial charge in [-0.25, -0.2) is 0 Å². The van der Waals surface area contributed by atoms with Crippen molar-refractivity contribution in [1.82, 2.24) is 15.0 Å². The summed E-state index contributed by atoms with van der Waals surface area (Å²) in [7, 11) is 0. The van der Waals surface area contributed by atoms with Crippen LogP contribution < -0.4 is 11.5 Å². The number of aromatic nitrogens is 3. The van der Waals surface area contributed by atoms with Gasteiger partial charge in [-0.15, -0.1) is 0 Å². The Hall–Kier alpha value is -1.43. The summed E-state index contributed by atoms with van der Waals surface area (Å²) < 4.78 is 5.57. The minimum Gasteiger partial charge on any atom is -0.377 e. The van der Waals surface area contributed by atoms with Gasteiger partial charge in [0.1, 0.15) is 5.82 Å². The molecule has 4 N–H and O–H groups in total. The molecule has 1 saturated heterocycles. The molecule has 6 nitrogen and oxygen atoms in total. The predicted molar refractivity (Wildman–Crippen MR) is 56.0 cm³/mol. The lowest BCUT2D eigenvalue weighted by Crippen LogP contribution is -2.17. The standard InChI is InChI=1S/C9H15N5O/c1-2-6-5(3-4-15-6)7-12-8(10)14-9(11)13-7/h5-6H,2-4H2,1H3,(H4,10,11,12,13,14). The van der Waals surface area contributed by atoms with Gasteiger partial charge in [0.15, 0.2) is 0 Å². The van der Waals surface area contributed by atoms with E-state index >= 15 is 0 Å². The highest BCUT2D eigenvalue weighted by Gasteiger charge is 2.30. The van der Waals surface area contributed by atoms with Gasteiger partial charge in [-0.3, -0.25) is 0 Å². The summed E-state index contributed by atoms with van der Waals surface area (Å²) in [6.07, 6.45) is 2.03. The molecule has 15 heavy (non-hydrogen) atoms. The quantitative estimate of drug-likeness (QED) is 0.727. The van der Waals surface area contributed by atoms with E-state index in [0.717, 1.165) is 19.4 Å². The van der Waals surface area contributed by atoms with E-state index in [-0.39, 0.29) is 23.9 Å². The average molecular weight is 209 g/mol. The summed E-state index contributed by atoms with van der Waals surface area (Å²) in [5.41, 5.74) is 11.1. The van der Waals surface area contributed by atoms with Crippen molar-refractivity contribution >= 4 is 11.9 Å². The van der Waals surface area contributed by atoms with Gasteiger partial charge < -0.3 is 16.2 Å². The van der Waals surface area contributed by atoms with Crippen LogP contribution in [-0.2, 0) is 4.74 Å². The molecule has 0 aliphatic carbocycles. The fraction of sp³-hybridized carbons (Fsp3) is 0.667. The molecule has 2 unspecified atom stereocenters. The van der Waals surface area contributed by atoms with Crippen LogP contribution in [0.3, 0.4) is 0 Å². The third-order valence-electron chi connectivity index (χ3n) is 2.63. The van der Waals surface area contributed by atoms with Gasteiger partial charge in [-0.1, -0.05) is 6.92 Å². The lowest BCUT2D eigenvalue weighted by atomic mass is 9.99. The summed E-state index contributed by atoms with van der Waals surface area (Å²) in [5, 5.41) is 0. The zero-order valence-electron chi connectivity index (χ0n) is 8.68. The molecule has 1 aliphatic rings. The molecule has 0 radical (unpaired) electrons. The minimum absolute atomic E-state index is 0.172. The molecule has 2 heterocycles. The number of nitrogens with two attached hydrogens (primary N) is 2. The van der Waals surface area contributed by atoms with Gasteiger partial charge >= 0.3 is 0 Å². The second-order valence-corrected chi connectivity index (χ2v) is 3.62. The Bertz CT molecular complexity index is 336. The molecule has 0 aromatic carbocycles. The van der Waals surface area contributed by atoms with E-state index in [4.69, 9.17) is 16.2 Å². The van der Waals surface area contributed by atoms with Crippen molar-refractivity contribution in [1.29, 1.82) is 0 Å². The number of anilines is 2. The number of hydrogen-bond donors (Lipinski definition) is 2. The van der Waals surface area contributed by atoms with Crippen LogP contribution in [0.4, 0.5) is 11.9 Å². The van der Waals surface area contributed by atoms with Crippen molar-refractivity contribution in [3.05, 3.63) is 5.82 Å². The Balaban J connectivity index is 2.28. The second kappa shape index (κ2) is 3.98. The molecule has 1 aromatic rings. The fourth-order valence-electron chi connectivity index (χ4n) is 1.94. The Morgan fingerprint density at radius 3 is 2.53 bits per heavy atom. The maximum absolute atomic E-state index is 5.57. The van der Waals surface area contributed by atoms with Crippen molar-refractivity contribution in [3.63, 3.8) is 0 Å². The first kappa shape index (κ1) is 10.1. The first-order chi connectivity index (χ1) is 7.20. The Kier molecular flexibility index (Phi) is 2.68. The van der Waals surface area contributed by atoms with E-state index in [1.807, 2.05) is 0 Å². The molecule has 2 atom stereocenters. The summed E-state index contributed by atoms with van der Waals surface area (Å²) >= 11 is 0. The number of nitrogen functional groups attached to an aromatic ring is 2. The van der Waals surface area contributed by atoms with Crippen LogP contribution >= 0.6 is 0 Å². The summed E-state index contributed by atoms with van der Waals surface area (Å²) in [6, 6.07) is 0. The molecule has 0 bridgehead atoms. The SMILES string of the molecule is CCC1OCCC1c1nc(N)nc(N)n1. The van der Waals surface area contributed by atoms with Crippen LogP contribution in [0.5, 0.6) is 0 Å². The first-order valence-electron chi connectivity index (χ1n) is 5.09. The van der Waals surface area contributed by atoms with Gasteiger partial charge in [0.2, 0.25) is 11.9 Å². The van der Waals surface area contributed by atoms with Crippen molar-refractivity contribution in [3.8, 4) is 0 Å². The molecule has 82 valence electrons. The van der Waals surface area contributed by atoms with Gasteiger partial charge in [-0.2, -0.15) is 15.0 Å². The zero-order chi connectivity index (χ0) is 10.8. The summed E-state index contributed by atoms with van der Waals surface area (Å²) in [6.45, 7) is 2.82. The first-order valence-corrected chi connectivity index (χ1v) is 5.09. The molecule has 0 amide bonds. The maximum atomic E-state index is 5.57. The highest BCUT2D eigenvalue weighted by molar-refractivity contribution is 5.27. The molecule has 1 aliphatic heterocycles. The maximum Gasteiger partial charge on any atom is 0.225 e. The fourth-order valence-corrected chi connectivity index (χ4v) is 1.94. The molecular weight excluding hydrogens is 194 g/mol. The summed E-state index contributed by atoms with van der Waals surface area (Å²) in [5.74, 6) is 1.21. The van der Waals surface area contributed by atoms with E-state index < -0.39 is 0 Å². The Morgan fingerprint density at radius 1 is 1.27 bits per heavy atom. The van der Waals surface area contributed by atoms with E-state index in [9.17, 15) is 0 Å². The number of ether oxygens (including phenoxy) is 1. The molecule has 6 heteroatoms. The van der Waals surface area contributed by atoms with E-state index in [0.29, 0.717) is 5.82 Å². The van der Waals surface area contributed by atoms with Gasteiger partial charge in [0.25, 0.3) is 0 Å². The zero-order valence-corrected chi connectivity index (χ0v) is 8.68. The molecule has 1 fully saturated rings. The highest BCUT2D eigenvalue weighted by atomic mass is 16.5. The largest absolute Gasteiger partial charge is 0.377 e. The second-order valence-electron chi connectivity index (χ2n) is 3.62. The van der Waals surface area contributed by atoms with Crippen molar-refractivity contribution in [2.45, 2.75) is 31.8 Å². The average Bonchev–Trinajstić information content (AvgIpc) is 2.63. The topological polar surface area (TPSA) is 99.9 Å². The highest BCUT2D eigenvalue weighted by Crippen LogP contribution is 2.31. The third-order valence-corrected chi connectivity index (χ3v) is 2.63. The third kappa shape index (κ3) is 1.99. The van der Waals surface area contributed by atoms with Crippen LogP contribution in [0.1, 0.15) is 31.5 Å². The van der Waals surface area contributed by atoms with Crippen molar-refractivity contribution in [2.24, 2.45) is 0 Å². The van der Waals surface area contributed by atoms with Gasteiger partial charge in [0, 0.05) is 12.5 Å². The normalized spacial score (nSPS) is 25.7. The van der Waals surface area contributed by atoms with E-state index in [1.165, 1.54) is 0 Å². The predicted octanol–water partition coefficient (Wildman–Crippen LogP) is 0.319. The molecule has 0 saturated carbocycles. The lowest BCUT2D eigenvalue weighted by molar-refractivity contribution is 0.0994. The van der Waals surface area contributed by atoms with Crippen LogP contribution in [0.25, 0.3) is 0 Å². The Labute approximate surface area is 88.1 Å². The number of rotatable bonds is 2. The monoisotopic (exact) mass is 209 g/mol. The van der Waals surface area contributed by atoms with Crippen molar-refractivity contribution < 1.29 is 4.74 Å². The summed E-state index contributed by atoms with van der Waals surface area (Å²) in [4.78, 5) is 12.0. The Morgan fingerprint density at radius 2 is 1.93 bits per heavy atom. The van der Waals surface area contributed by atoms with Crippen LogP contribution in [-0.4, -0.2) is 27.7 Å². The van der Waals surface area contributed by atoms with Crippen molar-refractivity contribution in [2.75, 3.05) is 18.1 Å². The molecule has 2 rings (SSSR count). The van der Waals surface area contributed by atoms with Crippen LogP contribution in [0.15, 0.2) is 0 Å².